The van der Waals surface area contributed by atoms with Gasteiger partial charge in [0.25, 0.3) is 0 Å². The van der Waals surface area contributed by atoms with Crippen LogP contribution in [0, 0.1) is 22.2 Å². The van der Waals surface area contributed by atoms with Crippen LogP contribution in [0.25, 0.3) is 0 Å². The third kappa shape index (κ3) is 2.36. The maximum absolute atomic E-state index is 9.03. The van der Waals surface area contributed by atoms with E-state index in [2.05, 4.69) is 39.1 Å². The molecule has 1 fully saturated rings. The normalized spacial score (nSPS) is 25.6. The van der Waals surface area contributed by atoms with Gasteiger partial charge < -0.3 is 14.8 Å². The molecule has 4 heteroatoms. The maximum atomic E-state index is 9.03. The van der Waals surface area contributed by atoms with Gasteiger partial charge >= 0.3 is 0 Å². The number of benzene rings is 1. The Morgan fingerprint density at radius 1 is 1.19 bits per heavy atom. The number of nitrogens with zero attached hydrogens (tertiary/aromatic N) is 1. The first-order valence-corrected chi connectivity index (χ1v) is 7.21. The molecule has 1 aromatic carbocycles. The van der Waals surface area contributed by atoms with E-state index in [1.165, 1.54) is 0 Å². The van der Waals surface area contributed by atoms with Crippen molar-refractivity contribution >= 4 is 0 Å². The minimum absolute atomic E-state index is 0.0411. The minimum atomic E-state index is 0.0411. The van der Waals surface area contributed by atoms with E-state index in [9.17, 15) is 0 Å². The van der Waals surface area contributed by atoms with Gasteiger partial charge in [0.1, 0.15) is 23.7 Å². The molecule has 0 aliphatic heterocycles. The number of nitrogens with one attached hydrogen (secondary N) is 1. The molecular formula is C17H24N2O2. The van der Waals surface area contributed by atoms with Crippen molar-refractivity contribution in [3.8, 4) is 17.6 Å². The van der Waals surface area contributed by atoms with Crippen LogP contribution in [0.3, 0.4) is 0 Å². The third-order valence-corrected chi connectivity index (χ3v) is 4.68. The summed E-state index contributed by atoms with van der Waals surface area (Å²) in [6.45, 7) is 8.85. The van der Waals surface area contributed by atoms with Gasteiger partial charge in [0.05, 0.1) is 12.7 Å². The van der Waals surface area contributed by atoms with Crippen molar-refractivity contribution in [3.63, 3.8) is 0 Å². The van der Waals surface area contributed by atoms with Crippen molar-refractivity contribution in [3.05, 3.63) is 23.8 Å². The lowest BCUT2D eigenvalue weighted by atomic mass is 9.49. The molecule has 0 radical (unpaired) electrons. The van der Waals surface area contributed by atoms with Gasteiger partial charge in [-0.3, -0.25) is 0 Å². The highest BCUT2D eigenvalue weighted by Gasteiger charge is 2.62. The van der Waals surface area contributed by atoms with Gasteiger partial charge in [0.2, 0.25) is 0 Å². The van der Waals surface area contributed by atoms with Crippen molar-refractivity contribution in [2.24, 2.45) is 10.8 Å². The number of hydrogen-bond donors (Lipinski definition) is 1. The Balaban J connectivity index is 2.25. The fourth-order valence-electron chi connectivity index (χ4n) is 4.15. The lowest BCUT2D eigenvalue weighted by Crippen LogP contribution is -2.73. The summed E-state index contributed by atoms with van der Waals surface area (Å²) in [5.41, 5.74) is 0.601. The van der Waals surface area contributed by atoms with E-state index in [4.69, 9.17) is 14.7 Å². The van der Waals surface area contributed by atoms with Crippen LogP contribution in [0.15, 0.2) is 18.2 Å². The summed E-state index contributed by atoms with van der Waals surface area (Å²) in [6.07, 6.45) is 0.0973. The fraction of sp³-hybridized carbons (Fsp3) is 0.588. The summed E-state index contributed by atoms with van der Waals surface area (Å²) in [5, 5.41) is 12.4. The molecule has 1 saturated carbocycles. The molecule has 0 bridgehead atoms. The summed E-state index contributed by atoms with van der Waals surface area (Å²) >= 11 is 0. The highest BCUT2D eigenvalue weighted by Crippen LogP contribution is 2.55. The number of methoxy groups -OCH3 is 1. The van der Waals surface area contributed by atoms with Crippen LogP contribution in [0.5, 0.6) is 11.5 Å². The molecule has 21 heavy (non-hydrogen) atoms. The zero-order chi connectivity index (χ0) is 15.8. The Morgan fingerprint density at radius 3 is 2.29 bits per heavy atom. The molecule has 0 heterocycles. The molecule has 2 rings (SSSR count). The van der Waals surface area contributed by atoms with Crippen LogP contribution in [0.1, 0.15) is 33.3 Å². The van der Waals surface area contributed by atoms with E-state index >= 15 is 0 Å². The number of ether oxygens (including phenoxy) is 2. The van der Waals surface area contributed by atoms with E-state index in [0.29, 0.717) is 17.4 Å². The summed E-state index contributed by atoms with van der Waals surface area (Å²) in [5.74, 6) is 1.29. The van der Waals surface area contributed by atoms with Gasteiger partial charge in [-0.2, -0.15) is 5.26 Å². The van der Waals surface area contributed by atoms with Crippen LogP contribution in [0.2, 0.25) is 0 Å². The van der Waals surface area contributed by atoms with Gasteiger partial charge in [-0.15, -0.1) is 0 Å². The van der Waals surface area contributed by atoms with Crippen molar-refractivity contribution in [1.82, 2.24) is 5.32 Å². The zero-order valence-electron chi connectivity index (χ0n) is 13.7. The Labute approximate surface area is 127 Å². The number of nitriles is 1. The average molecular weight is 288 g/mol. The quantitative estimate of drug-likeness (QED) is 0.925. The largest absolute Gasteiger partial charge is 0.495 e. The van der Waals surface area contributed by atoms with Crippen molar-refractivity contribution in [2.75, 3.05) is 14.2 Å². The Morgan fingerprint density at radius 2 is 1.81 bits per heavy atom. The molecule has 1 N–H and O–H groups in total. The average Bonchev–Trinajstić information content (AvgIpc) is 2.44. The summed E-state index contributed by atoms with van der Waals surface area (Å²) in [7, 11) is 3.56. The Kier molecular flexibility index (Phi) is 3.90. The predicted molar refractivity (Wildman–Crippen MR) is 82.5 cm³/mol. The second-order valence-corrected chi connectivity index (χ2v) is 6.84. The molecule has 0 unspecified atom stereocenters. The molecule has 0 aromatic heterocycles. The highest BCUT2D eigenvalue weighted by atomic mass is 16.5. The van der Waals surface area contributed by atoms with E-state index in [-0.39, 0.29) is 16.9 Å². The van der Waals surface area contributed by atoms with Crippen LogP contribution >= 0.6 is 0 Å². The standard InChI is InChI=1S/C17H24N2O2/c1-16(2)14(19-5)17(3,4)15(16)21-12-8-7-11(10-18)13(9-12)20-6/h7-9,14-15,19H,1-6H3. The fourth-order valence-corrected chi connectivity index (χ4v) is 4.15. The summed E-state index contributed by atoms with van der Waals surface area (Å²) < 4.78 is 11.5. The molecule has 1 aliphatic rings. The van der Waals surface area contributed by atoms with Crippen molar-refractivity contribution in [1.29, 1.82) is 5.26 Å². The Hall–Kier alpha value is -1.73. The molecular weight excluding hydrogens is 264 g/mol. The molecule has 0 saturated heterocycles. The lowest BCUT2D eigenvalue weighted by molar-refractivity contribution is -0.166. The minimum Gasteiger partial charge on any atom is -0.495 e. The first-order valence-electron chi connectivity index (χ1n) is 7.21. The van der Waals surface area contributed by atoms with Crippen molar-refractivity contribution in [2.45, 2.75) is 39.8 Å². The second-order valence-electron chi connectivity index (χ2n) is 6.84. The first-order chi connectivity index (χ1) is 9.78. The second kappa shape index (κ2) is 5.23. The van der Waals surface area contributed by atoms with E-state index in [1.54, 1.807) is 19.2 Å². The molecule has 1 aromatic rings. The molecule has 114 valence electrons. The third-order valence-electron chi connectivity index (χ3n) is 4.68. The van der Waals surface area contributed by atoms with E-state index < -0.39 is 0 Å². The topological polar surface area (TPSA) is 54.3 Å². The van der Waals surface area contributed by atoms with Crippen LogP contribution in [-0.2, 0) is 0 Å². The van der Waals surface area contributed by atoms with Crippen LogP contribution in [0.4, 0.5) is 0 Å². The molecule has 4 nitrogen and oxygen atoms in total. The molecule has 0 atom stereocenters. The predicted octanol–water partition coefficient (Wildman–Crippen LogP) is 2.97. The summed E-state index contributed by atoms with van der Waals surface area (Å²) in [6, 6.07) is 7.87. The van der Waals surface area contributed by atoms with Crippen LogP contribution in [-0.4, -0.2) is 26.3 Å². The van der Waals surface area contributed by atoms with E-state index in [1.807, 2.05) is 13.1 Å². The van der Waals surface area contributed by atoms with Gasteiger partial charge in [-0.05, 0) is 19.2 Å². The molecule has 0 spiro atoms. The highest BCUT2D eigenvalue weighted by molar-refractivity contribution is 5.47. The zero-order valence-corrected chi connectivity index (χ0v) is 13.7. The number of hydrogen-bond acceptors (Lipinski definition) is 4. The van der Waals surface area contributed by atoms with Crippen LogP contribution < -0.4 is 14.8 Å². The van der Waals surface area contributed by atoms with Crippen molar-refractivity contribution < 1.29 is 9.47 Å². The van der Waals surface area contributed by atoms with Gasteiger partial charge in [0.15, 0.2) is 0 Å². The van der Waals surface area contributed by atoms with Gasteiger partial charge in [-0.1, -0.05) is 27.7 Å². The monoisotopic (exact) mass is 288 g/mol. The van der Waals surface area contributed by atoms with Gasteiger partial charge in [0, 0.05) is 22.9 Å². The maximum Gasteiger partial charge on any atom is 0.140 e. The first kappa shape index (κ1) is 15.7. The number of rotatable bonds is 4. The van der Waals surface area contributed by atoms with E-state index in [0.717, 1.165) is 5.75 Å². The Bertz CT molecular complexity index is 557. The SMILES string of the molecule is CNC1C(C)(C)C(Oc2ccc(C#N)c(OC)c2)C1(C)C. The smallest absolute Gasteiger partial charge is 0.140 e. The summed E-state index contributed by atoms with van der Waals surface area (Å²) in [4.78, 5) is 0. The molecule has 1 aliphatic carbocycles. The molecule has 0 amide bonds. The lowest BCUT2D eigenvalue weighted by Gasteiger charge is -2.63. The van der Waals surface area contributed by atoms with Gasteiger partial charge in [-0.25, -0.2) is 0 Å².